The van der Waals surface area contributed by atoms with Crippen molar-refractivity contribution in [1.82, 2.24) is 5.32 Å². The smallest absolute Gasteiger partial charge is 0.131 e. The van der Waals surface area contributed by atoms with E-state index < -0.39 is 0 Å². The highest BCUT2D eigenvalue weighted by Gasteiger charge is 2.20. The number of aliphatic hydroxyl groups is 1. The van der Waals surface area contributed by atoms with Gasteiger partial charge in [-0.05, 0) is 25.0 Å². The molecular formula is C14H22FNO2. The van der Waals surface area contributed by atoms with Gasteiger partial charge in [0.2, 0.25) is 0 Å². The molecule has 2 N–H and O–H groups in total. The normalized spacial score (nSPS) is 14.6. The first-order valence-corrected chi connectivity index (χ1v) is 6.20. The fourth-order valence-corrected chi connectivity index (χ4v) is 1.98. The second-order valence-electron chi connectivity index (χ2n) is 4.78. The molecule has 1 aromatic carbocycles. The zero-order chi connectivity index (χ0) is 13.7. The van der Waals surface area contributed by atoms with Crippen molar-refractivity contribution in [3.63, 3.8) is 0 Å². The van der Waals surface area contributed by atoms with Crippen molar-refractivity contribution >= 4 is 0 Å². The Morgan fingerprint density at radius 1 is 1.33 bits per heavy atom. The Balaban J connectivity index is 2.93. The highest BCUT2D eigenvalue weighted by atomic mass is 19.1. The molecule has 3 nitrogen and oxygen atoms in total. The average Bonchev–Trinajstić information content (AvgIpc) is 2.34. The zero-order valence-electron chi connectivity index (χ0n) is 11.4. The Kier molecular flexibility index (Phi) is 5.56. The van der Waals surface area contributed by atoms with Crippen molar-refractivity contribution in [1.29, 1.82) is 0 Å². The third kappa shape index (κ3) is 3.43. The van der Waals surface area contributed by atoms with Gasteiger partial charge in [0.05, 0.1) is 13.7 Å². The van der Waals surface area contributed by atoms with Gasteiger partial charge in [-0.25, -0.2) is 4.39 Å². The van der Waals surface area contributed by atoms with Crippen LogP contribution < -0.4 is 10.1 Å². The Morgan fingerprint density at radius 3 is 2.50 bits per heavy atom. The number of methoxy groups -OCH3 is 1. The van der Waals surface area contributed by atoms with Crippen molar-refractivity contribution in [2.45, 2.75) is 32.9 Å². The molecule has 1 aromatic rings. The molecule has 1 unspecified atom stereocenters. The Labute approximate surface area is 108 Å². The van der Waals surface area contributed by atoms with Crippen molar-refractivity contribution in [3.05, 3.63) is 29.6 Å². The minimum atomic E-state index is -0.296. The van der Waals surface area contributed by atoms with Gasteiger partial charge < -0.3 is 15.2 Å². The largest absolute Gasteiger partial charge is 0.496 e. The molecule has 18 heavy (non-hydrogen) atoms. The van der Waals surface area contributed by atoms with Gasteiger partial charge in [0, 0.05) is 17.6 Å². The number of ether oxygens (including phenoxy) is 1. The van der Waals surface area contributed by atoms with E-state index in [9.17, 15) is 9.50 Å². The van der Waals surface area contributed by atoms with E-state index in [0.29, 0.717) is 11.3 Å². The second-order valence-corrected chi connectivity index (χ2v) is 4.78. The summed E-state index contributed by atoms with van der Waals surface area (Å²) in [6, 6.07) is 4.49. The van der Waals surface area contributed by atoms with Crippen LogP contribution in [0.2, 0.25) is 0 Å². The molecule has 0 saturated heterocycles. The Bertz CT molecular complexity index is 382. The number of hydrogen-bond acceptors (Lipinski definition) is 3. The van der Waals surface area contributed by atoms with Crippen LogP contribution in [-0.2, 0) is 0 Å². The monoisotopic (exact) mass is 255 g/mol. The summed E-state index contributed by atoms with van der Waals surface area (Å²) in [5, 5.41) is 12.5. The molecule has 0 saturated carbocycles. The molecule has 0 radical (unpaired) electrons. The molecule has 0 spiro atoms. The number of hydrogen-bond donors (Lipinski definition) is 2. The molecule has 0 aliphatic rings. The third-order valence-corrected chi connectivity index (χ3v) is 3.13. The van der Waals surface area contributed by atoms with Crippen molar-refractivity contribution in [3.8, 4) is 5.75 Å². The maximum Gasteiger partial charge on any atom is 0.131 e. The summed E-state index contributed by atoms with van der Waals surface area (Å²) in [5.41, 5.74) is 0.499. The number of halogens is 1. The number of nitrogens with one attached hydrogen (secondary N) is 1. The molecule has 4 heteroatoms. The van der Waals surface area contributed by atoms with E-state index in [2.05, 4.69) is 5.32 Å². The summed E-state index contributed by atoms with van der Waals surface area (Å²) in [4.78, 5) is 0. The van der Waals surface area contributed by atoms with E-state index in [1.807, 2.05) is 20.8 Å². The maximum atomic E-state index is 13.9. The van der Waals surface area contributed by atoms with Crippen molar-refractivity contribution < 1.29 is 14.2 Å². The van der Waals surface area contributed by atoms with Crippen LogP contribution in [-0.4, -0.2) is 24.9 Å². The maximum absolute atomic E-state index is 13.9. The van der Waals surface area contributed by atoms with E-state index in [4.69, 9.17) is 4.74 Å². The quantitative estimate of drug-likeness (QED) is 0.820. The SMILES string of the molecule is COc1cccc(F)c1C(C)N[C@H](CO)C(C)C. The van der Waals surface area contributed by atoms with Gasteiger partial charge >= 0.3 is 0 Å². The minimum Gasteiger partial charge on any atom is -0.496 e. The van der Waals surface area contributed by atoms with Gasteiger partial charge in [-0.15, -0.1) is 0 Å². The predicted octanol–water partition coefficient (Wildman–Crippen LogP) is 2.50. The Morgan fingerprint density at radius 2 is 2.00 bits per heavy atom. The van der Waals surface area contributed by atoms with Crippen LogP contribution in [0, 0.1) is 11.7 Å². The molecule has 0 amide bonds. The summed E-state index contributed by atoms with van der Waals surface area (Å²) >= 11 is 0. The molecule has 0 heterocycles. The topological polar surface area (TPSA) is 41.5 Å². The molecule has 1 rings (SSSR count). The summed E-state index contributed by atoms with van der Waals surface area (Å²) in [6.07, 6.45) is 0. The van der Waals surface area contributed by atoms with Gasteiger partial charge in [0.25, 0.3) is 0 Å². The predicted molar refractivity (Wildman–Crippen MR) is 70.2 cm³/mol. The van der Waals surface area contributed by atoms with Crippen LogP contribution in [0.15, 0.2) is 18.2 Å². The van der Waals surface area contributed by atoms with Gasteiger partial charge in [-0.1, -0.05) is 19.9 Å². The summed E-state index contributed by atoms with van der Waals surface area (Å²) in [6.45, 7) is 5.92. The van der Waals surface area contributed by atoms with E-state index in [1.54, 1.807) is 12.1 Å². The van der Waals surface area contributed by atoms with Crippen LogP contribution in [0.1, 0.15) is 32.4 Å². The molecule has 0 aliphatic heterocycles. The lowest BCUT2D eigenvalue weighted by molar-refractivity contribution is 0.200. The number of benzene rings is 1. The van der Waals surface area contributed by atoms with E-state index in [1.165, 1.54) is 13.2 Å². The summed E-state index contributed by atoms with van der Waals surface area (Å²) in [7, 11) is 1.52. The van der Waals surface area contributed by atoms with E-state index in [0.717, 1.165) is 0 Å². The van der Waals surface area contributed by atoms with Crippen LogP contribution in [0.3, 0.4) is 0 Å². The first kappa shape index (κ1) is 14.9. The third-order valence-electron chi connectivity index (χ3n) is 3.13. The lowest BCUT2D eigenvalue weighted by Crippen LogP contribution is -2.39. The minimum absolute atomic E-state index is 0.0266. The number of aliphatic hydroxyl groups excluding tert-OH is 1. The van der Waals surface area contributed by atoms with Gasteiger partial charge in [0.15, 0.2) is 0 Å². The summed E-state index contributed by atoms with van der Waals surface area (Å²) in [5.74, 6) is 0.500. The fourth-order valence-electron chi connectivity index (χ4n) is 1.98. The van der Waals surface area contributed by atoms with Crippen LogP contribution in [0.4, 0.5) is 4.39 Å². The lowest BCUT2D eigenvalue weighted by atomic mass is 10.0. The van der Waals surface area contributed by atoms with Crippen molar-refractivity contribution in [2.75, 3.05) is 13.7 Å². The number of rotatable bonds is 6. The van der Waals surface area contributed by atoms with Gasteiger partial charge in [-0.2, -0.15) is 0 Å². The van der Waals surface area contributed by atoms with Crippen LogP contribution in [0.25, 0.3) is 0 Å². The molecule has 0 aromatic heterocycles. The fraction of sp³-hybridized carbons (Fsp3) is 0.571. The molecular weight excluding hydrogens is 233 g/mol. The highest BCUT2D eigenvalue weighted by Crippen LogP contribution is 2.28. The van der Waals surface area contributed by atoms with Crippen LogP contribution in [0.5, 0.6) is 5.75 Å². The summed E-state index contributed by atoms with van der Waals surface area (Å²) < 4.78 is 19.0. The molecule has 0 bridgehead atoms. The van der Waals surface area contributed by atoms with E-state index in [-0.39, 0.29) is 30.4 Å². The Hall–Kier alpha value is -1.13. The van der Waals surface area contributed by atoms with Crippen LogP contribution >= 0.6 is 0 Å². The average molecular weight is 255 g/mol. The standard InChI is InChI=1S/C14H22FNO2/c1-9(2)12(8-17)16-10(3)14-11(15)6-5-7-13(14)18-4/h5-7,9-10,12,16-17H,8H2,1-4H3/t10?,12-/m1/s1. The van der Waals surface area contributed by atoms with Crippen molar-refractivity contribution in [2.24, 2.45) is 5.92 Å². The van der Waals surface area contributed by atoms with E-state index >= 15 is 0 Å². The highest BCUT2D eigenvalue weighted by molar-refractivity contribution is 5.36. The molecule has 2 atom stereocenters. The first-order chi connectivity index (χ1) is 8.51. The second kappa shape index (κ2) is 6.71. The molecule has 0 fully saturated rings. The lowest BCUT2D eigenvalue weighted by Gasteiger charge is -2.26. The van der Waals surface area contributed by atoms with Gasteiger partial charge in [0.1, 0.15) is 11.6 Å². The zero-order valence-corrected chi connectivity index (χ0v) is 11.4. The van der Waals surface area contributed by atoms with Gasteiger partial charge in [-0.3, -0.25) is 0 Å². The molecule has 102 valence electrons. The first-order valence-electron chi connectivity index (χ1n) is 6.20. The molecule has 0 aliphatic carbocycles.